The maximum absolute atomic E-state index is 11.4. The first kappa shape index (κ1) is 14.7. The van der Waals surface area contributed by atoms with Crippen LogP contribution >= 0.6 is 35.0 Å². The molecule has 84 valence electrons. The van der Waals surface area contributed by atoms with Gasteiger partial charge >= 0.3 is 0 Å². The Bertz CT molecular complexity index is 333. The summed E-state index contributed by atoms with van der Waals surface area (Å²) in [6.07, 6.45) is 0.649. The fourth-order valence-corrected chi connectivity index (χ4v) is 1.53. The summed E-state index contributed by atoms with van der Waals surface area (Å²) in [5, 5.41) is 2.76. The third-order valence-corrected chi connectivity index (χ3v) is 2.54. The van der Waals surface area contributed by atoms with Crippen molar-refractivity contribution in [2.45, 2.75) is 19.4 Å². The van der Waals surface area contributed by atoms with E-state index in [0.29, 0.717) is 6.42 Å². The molecule has 0 saturated carbocycles. The molecule has 3 N–H and O–H groups in total. The predicted molar refractivity (Wildman–Crippen MR) is 73.3 cm³/mol. The van der Waals surface area contributed by atoms with E-state index in [0.717, 1.165) is 9.26 Å². The van der Waals surface area contributed by atoms with Gasteiger partial charge in [0.15, 0.2) is 0 Å². The van der Waals surface area contributed by atoms with Crippen molar-refractivity contribution < 1.29 is 4.79 Å². The van der Waals surface area contributed by atoms with Crippen molar-refractivity contribution in [3.05, 3.63) is 27.8 Å². The van der Waals surface area contributed by atoms with Gasteiger partial charge in [-0.15, -0.1) is 12.4 Å². The molecule has 1 aromatic rings. The summed E-state index contributed by atoms with van der Waals surface area (Å²) in [5.74, 6) is -0.130. The number of carbonyl (C=O) groups excluding carboxylic acids is 1. The SMILES string of the molecule is CC[C@H](N)C(=O)Nc1cccc(I)c1.Cl. The van der Waals surface area contributed by atoms with Crippen LogP contribution in [0, 0.1) is 3.57 Å². The van der Waals surface area contributed by atoms with Crippen LogP contribution in [0.3, 0.4) is 0 Å². The van der Waals surface area contributed by atoms with Crippen molar-refractivity contribution in [3.63, 3.8) is 0 Å². The largest absolute Gasteiger partial charge is 0.325 e. The van der Waals surface area contributed by atoms with Crippen molar-refractivity contribution in [1.82, 2.24) is 0 Å². The quantitative estimate of drug-likeness (QED) is 0.830. The van der Waals surface area contributed by atoms with Crippen LogP contribution < -0.4 is 11.1 Å². The molecular formula is C10H14ClIN2O. The molecule has 0 aliphatic carbocycles. The van der Waals surface area contributed by atoms with Crippen LogP contribution in [0.5, 0.6) is 0 Å². The summed E-state index contributed by atoms with van der Waals surface area (Å²) in [5.41, 5.74) is 6.39. The molecule has 0 aromatic heterocycles. The maximum Gasteiger partial charge on any atom is 0.241 e. The van der Waals surface area contributed by atoms with E-state index in [-0.39, 0.29) is 18.3 Å². The first-order valence-corrected chi connectivity index (χ1v) is 5.53. The highest BCUT2D eigenvalue weighted by Gasteiger charge is 2.10. The summed E-state index contributed by atoms with van der Waals surface area (Å²) in [4.78, 5) is 11.4. The van der Waals surface area contributed by atoms with E-state index in [2.05, 4.69) is 27.9 Å². The van der Waals surface area contributed by atoms with Gasteiger partial charge < -0.3 is 11.1 Å². The van der Waals surface area contributed by atoms with Crippen LogP contribution in [0.15, 0.2) is 24.3 Å². The molecule has 15 heavy (non-hydrogen) atoms. The van der Waals surface area contributed by atoms with Crippen LogP contribution in [0.4, 0.5) is 5.69 Å². The van der Waals surface area contributed by atoms with Crippen LogP contribution in [0.25, 0.3) is 0 Å². The number of hydrogen-bond donors (Lipinski definition) is 2. The normalized spacial score (nSPS) is 11.4. The third kappa shape index (κ3) is 4.81. The van der Waals surface area contributed by atoms with Gasteiger partial charge in [-0.2, -0.15) is 0 Å². The molecule has 0 bridgehead atoms. The molecule has 1 amide bonds. The number of benzene rings is 1. The molecule has 0 aliphatic rings. The molecule has 5 heteroatoms. The Morgan fingerprint density at radius 3 is 2.80 bits per heavy atom. The molecule has 0 radical (unpaired) electrons. The molecule has 0 spiro atoms. The Morgan fingerprint density at radius 1 is 1.60 bits per heavy atom. The summed E-state index contributed by atoms with van der Waals surface area (Å²) in [6, 6.07) is 7.20. The minimum absolute atomic E-state index is 0. The highest BCUT2D eigenvalue weighted by molar-refractivity contribution is 14.1. The number of nitrogens with two attached hydrogens (primary N) is 1. The van der Waals surface area contributed by atoms with Gasteiger partial charge in [0.2, 0.25) is 5.91 Å². The number of halogens is 2. The molecule has 0 saturated heterocycles. The van der Waals surface area contributed by atoms with E-state index in [4.69, 9.17) is 5.73 Å². The van der Waals surface area contributed by atoms with Gasteiger partial charge in [-0.25, -0.2) is 0 Å². The minimum atomic E-state index is -0.423. The third-order valence-electron chi connectivity index (χ3n) is 1.87. The first-order chi connectivity index (χ1) is 6.63. The molecule has 0 unspecified atom stereocenters. The van der Waals surface area contributed by atoms with Gasteiger partial charge in [0.05, 0.1) is 6.04 Å². The lowest BCUT2D eigenvalue weighted by atomic mass is 10.2. The van der Waals surface area contributed by atoms with Gasteiger partial charge in [0, 0.05) is 9.26 Å². The summed E-state index contributed by atoms with van der Waals surface area (Å²) >= 11 is 2.20. The summed E-state index contributed by atoms with van der Waals surface area (Å²) in [7, 11) is 0. The van der Waals surface area contributed by atoms with E-state index in [1.54, 1.807) is 0 Å². The van der Waals surface area contributed by atoms with Crippen LogP contribution in [-0.4, -0.2) is 11.9 Å². The Balaban J connectivity index is 0.00000196. The lowest BCUT2D eigenvalue weighted by molar-refractivity contribution is -0.117. The zero-order valence-corrected chi connectivity index (χ0v) is 11.3. The van der Waals surface area contributed by atoms with Crippen molar-refractivity contribution in [3.8, 4) is 0 Å². The highest BCUT2D eigenvalue weighted by atomic mass is 127. The minimum Gasteiger partial charge on any atom is -0.325 e. The standard InChI is InChI=1S/C10H13IN2O.ClH/c1-2-9(12)10(14)13-8-5-3-4-7(11)6-8;/h3-6,9H,2,12H2,1H3,(H,13,14);1H/t9-;/m0./s1. The van der Waals surface area contributed by atoms with Crippen molar-refractivity contribution >= 4 is 46.6 Å². The predicted octanol–water partition coefficient (Wildman–Crippen LogP) is 2.39. The maximum atomic E-state index is 11.4. The van der Waals surface area contributed by atoms with E-state index in [1.807, 2.05) is 31.2 Å². The zero-order valence-electron chi connectivity index (χ0n) is 8.37. The second kappa shape index (κ2) is 7.03. The lowest BCUT2D eigenvalue weighted by Gasteiger charge is -2.09. The molecular weight excluding hydrogens is 326 g/mol. The Hall–Kier alpha value is -0.330. The van der Waals surface area contributed by atoms with E-state index in [1.165, 1.54) is 0 Å². The van der Waals surface area contributed by atoms with Gasteiger partial charge in [-0.05, 0) is 47.2 Å². The molecule has 0 heterocycles. The first-order valence-electron chi connectivity index (χ1n) is 4.45. The topological polar surface area (TPSA) is 55.1 Å². The number of rotatable bonds is 3. The fourth-order valence-electron chi connectivity index (χ4n) is 0.987. The van der Waals surface area contributed by atoms with E-state index < -0.39 is 6.04 Å². The fraction of sp³-hybridized carbons (Fsp3) is 0.300. The Labute approximate surface area is 109 Å². The lowest BCUT2D eigenvalue weighted by Crippen LogP contribution is -2.34. The monoisotopic (exact) mass is 340 g/mol. The smallest absolute Gasteiger partial charge is 0.241 e. The summed E-state index contributed by atoms with van der Waals surface area (Å²) < 4.78 is 1.09. The molecule has 1 rings (SSSR count). The molecule has 1 aromatic carbocycles. The van der Waals surface area contributed by atoms with E-state index >= 15 is 0 Å². The average molecular weight is 341 g/mol. The average Bonchev–Trinajstić information content (AvgIpc) is 2.16. The summed E-state index contributed by atoms with van der Waals surface area (Å²) in [6.45, 7) is 1.89. The van der Waals surface area contributed by atoms with Crippen molar-refractivity contribution in [1.29, 1.82) is 0 Å². The highest BCUT2D eigenvalue weighted by Crippen LogP contribution is 2.12. The molecule has 0 fully saturated rings. The van der Waals surface area contributed by atoms with Crippen LogP contribution in [-0.2, 0) is 4.79 Å². The number of anilines is 1. The van der Waals surface area contributed by atoms with Gasteiger partial charge in [0.1, 0.15) is 0 Å². The Kier molecular flexibility index (Phi) is 6.87. The Morgan fingerprint density at radius 2 is 2.27 bits per heavy atom. The van der Waals surface area contributed by atoms with Gasteiger partial charge in [-0.3, -0.25) is 4.79 Å². The second-order valence-electron chi connectivity index (χ2n) is 3.01. The number of carbonyl (C=O) groups is 1. The van der Waals surface area contributed by atoms with Crippen molar-refractivity contribution in [2.75, 3.05) is 5.32 Å². The molecule has 3 nitrogen and oxygen atoms in total. The van der Waals surface area contributed by atoms with Crippen LogP contribution in [0.1, 0.15) is 13.3 Å². The van der Waals surface area contributed by atoms with Crippen molar-refractivity contribution in [2.24, 2.45) is 5.73 Å². The van der Waals surface area contributed by atoms with E-state index in [9.17, 15) is 4.79 Å². The number of nitrogens with one attached hydrogen (secondary N) is 1. The number of amides is 1. The molecule has 1 atom stereocenters. The van der Waals surface area contributed by atoms with Gasteiger partial charge in [-0.1, -0.05) is 13.0 Å². The number of hydrogen-bond acceptors (Lipinski definition) is 2. The van der Waals surface area contributed by atoms with Crippen LogP contribution in [0.2, 0.25) is 0 Å². The second-order valence-corrected chi connectivity index (χ2v) is 4.26. The van der Waals surface area contributed by atoms with Gasteiger partial charge in [0.25, 0.3) is 0 Å². The zero-order chi connectivity index (χ0) is 10.6. The molecule has 0 aliphatic heterocycles.